The number of carbonyl (C=O) groups is 1. The third-order valence-electron chi connectivity index (χ3n) is 3.21. The van der Waals surface area contributed by atoms with E-state index in [9.17, 15) is 21.0 Å². The Morgan fingerprint density at radius 1 is 1.29 bits per heavy atom. The number of para-hydroxylation sites is 1. The van der Waals surface area contributed by atoms with Crippen LogP contribution < -0.4 is 9.67 Å². The quantitative estimate of drug-likeness (QED) is 0.212. The molecule has 0 aliphatic heterocycles. The number of aromatic nitrogens is 1. The van der Waals surface area contributed by atoms with Crippen LogP contribution in [-0.4, -0.2) is 42.8 Å². The molecule has 28 heavy (non-hydrogen) atoms. The number of benzene rings is 2. The first kappa shape index (κ1) is 22.2. The van der Waals surface area contributed by atoms with Gasteiger partial charge in [0.15, 0.2) is 12.0 Å². The predicted molar refractivity (Wildman–Crippen MR) is 99.8 cm³/mol. The Morgan fingerprint density at radius 3 is 2.57 bits per heavy atom. The molecule has 0 fully saturated rings. The summed E-state index contributed by atoms with van der Waals surface area (Å²) >= 11 is -4.92. The predicted octanol–water partition coefficient (Wildman–Crippen LogP) is 1.46. The van der Waals surface area contributed by atoms with Crippen molar-refractivity contribution in [3.05, 3.63) is 48.9 Å². The molecule has 13 heteroatoms. The zero-order valence-corrected chi connectivity index (χ0v) is 17.6. The van der Waals surface area contributed by atoms with Crippen LogP contribution >= 0.6 is 10.7 Å². The van der Waals surface area contributed by atoms with Crippen LogP contribution in [0, 0.1) is 0 Å². The molecular weight excluding hydrogens is 479 g/mol. The fraction of sp³-hybridized carbons (Fsp3) is 0.0667. The van der Waals surface area contributed by atoms with Crippen LogP contribution in [0.1, 0.15) is 6.92 Å². The zero-order chi connectivity index (χ0) is 20.9. The number of halogens is 1. The fourth-order valence-electron chi connectivity index (χ4n) is 2.05. The number of rotatable bonds is 4. The molecule has 1 amide bonds. The van der Waals surface area contributed by atoms with Gasteiger partial charge in [-0.2, -0.15) is 0 Å². The van der Waals surface area contributed by atoms with Crippen LogP contribution in [0.5, 0.6) is 0 Å². The normalized spacial score (nSPS) is 13.3. The number of hydrogen-bond acceptors (Lipinski definition) is 8. The minimum Gasteiger partial charge on any atom is -0.443 e. The second-order valence-corrected chi connectivity index (χ2v) is 11.3. The minimum absolute atomic E-state index is 0.0124. The number of nitrogens with zero attached hydrogens (tertiary/aromatic N) is 1. The van der Waals surface area contributed by atoms with Gasteiger partial charge in [-0.25, -0.2) is 13.4 Å². The smallest absolute Gasteiger partial charge is 0.261 e. The van der Waals surface area contributed by atoms with Gasteiger partial charge >= 0.3 is 88.4 Å². The van der Waals surface area contributed by atoms with Crippen molar-refractivity contribution in [1.82, 2.24) is 4.98 Å². The first-order chi connectivity index (χ1) is 13.0. The number of hydrogen-bond donors (Lipinski definition) is 3. The number of oxazole rings is 1. The zero-order valence-electron chi connectivity index (χ0n) is 14.1. The van der Waals surface area contributed by atoms with E-state index in [1.165, 1.54) is 49.7 Å². The first-order valence-electron chi connectivity index (χ1n) is 7.35. The van der Waals surface area contributed by atoms with Gasteiger partial charge in [0, 0.05) is 16.7 Å². The molecule has 3 rings (SSSR count). The molecule has 0 spiro atoms. The Labute approximate surface area is 166 Å². The average molecular weight is 493 g/mol. The molecule has 10 nitrogen and oxygen atoms in total. The van der Waals surface area contributed by atoms with E-state index in [-0.39, 0.29) is 20.8 Å². The Bertz CT molecular complexity index is 1150. The maximum absolute atomic E-state index is 11.4. The van der Waals surface area contributed by atoms with Crippen LogP contribution in [-0.2, 0) is 21.5 Å². The maximum Gasteiger partial charge on any atom is 0.261 e. The maximum atomic E-state index is 11.4. The number of fused-ring (bicyclic) bond motifs is 1. The van der Waals surface area contributed by atoms with Gasteiger partial charge in [-0.3, -0.25) is 0 Å². The number of carbonyl (C=O) groups excluding carboxylic acids is 1. The van der Waals surface area contributed by atoms with Gasteiger partial charge in [-0.05, 0) is 12.1 Å². The van der Waals surface area contributed by atoms with Crippen molar-refractivity contribution < 1.29 is 34.6 Å². The van der Waals surface area contributed by atoms with Crippen molar-refractivity contribution >= 4 is 61.0 Å². The van der Waals surface area contributed by atoms with E-state index in [1.807, 2.05) is 0 Å². The second-order valence-electron chi connectivity index (χ2n) is 5.22. The van der Waals surface area contributed by atoms with Crippen molar-refractivity contribution in [1.29, 1.82) is 0 Å². The largest absolute Gasteiger partial charge is 0.443 e. The van der Waals surface area contributed by atoms with Gasteiger partial charge in [0.05, 0.1) is 4.90 Å². The molecule has 0 radical (unpaired) electrons. The van der Waals surface area contributed by atoms with Crippen molar-refractivity contribution in [3.63, 3.8) is 0 Å². The molecule has 0 bridgehead atoms. The topological polar surface area (TPSA) is 156 Å². The fourth-order valence-corrected chi connectivity index (χ4v) is 4.49. The van der Waals surface area contributed by atoms with Gasteiger partial charge in [0.2, 0.25) is 0 Å². The van der Waals surface area contributed by atoms with Gasteiger partial charge in [0.25, 0.3) is 9.05 Å². The summed E-state index contributed by atoms with van der Waals surface area (Å²) in [5, 5.41) is 10.7. The van der Waals surface area contributed by atoms with E-state index in [2.05, 4.69) is 14.2 Å². The molecule has 1 unspecified atom stereocenters. The summed E-state index contributed by atoms with van der Waals surface area (Å²) < 4.78 is 50.8. The standard InChI is InChI=1S/C8H10AsNO5.C7H4ClNO3S/c1-6(11)10-8-5-3-2-4-7(8)9(12,13)15-14;8-13(10,11)5-1-2-6-7(3-5)12-4-9-6/h2-5,14H,1H3,(H,10,11)(H,12,13);1-4H. The van der Waals surface area contributed by atoms with Gasteiger partial charge in [-0.1, -0.05) is 0 Å². The Kier molecular flexibility index (Phi) is 7.05. The Hall–Kier alpha value is -2.14. The number of anilines is 1. The van der Waals surface area contributed by atoms with E-state index in [0.717, 1.165) is 0 Å². The monoisotopic (exact) mass is 492 g/mol. The summed E-state index contributed by atoms with van der Waals surface area (Å²) in [6, 6.07) is 10.1. The number of amides is 1. The van der Waals surface area contributed by atoms with E-state index in [4.69, 9.17) is 20.4 Å². The summed E-state index contributed by atoms with van der Waals surface area (Å²) in [7, 11) is 1.45. The third kappa shape index (κ3) is 5.68. The minimum atomic E-state index is -4.92. The van der Waals surface area contributed by atoms with Gasteiger partial charge in [0.1, 0.15) is 5.52 Å². The van der Waals surface area contributed by atoms with Crippen LogP contribution in [0.2, 0.25) is 0 Å². The Balaban J connectivity index is 0.000000202. The summed E-state index contributed by atoms with van der Waals surface area (Å²) in [4.78, 5) is 14.7. The van der Waals surface area contributed by atoms with E-state index in [0.29, 0.717) is 11.1 Å². The molecule has 0 saturated carbocycles. The molecule has 0 saturated heterocycles. The van der Waals surface area contributed by atoms with Gasteiger partial charge < -0.3 is 4.42 Å². The molecular formula is C15H14AsClN2O8S. The molecule has 2 aromatic carbocycles. The van der Waals surface area contributed by atoms with E-state index in [1.54, 1.807) is 6.07 Å². The van der Waals surface area contributed by atoms with Crippen LogP contribution in [0.15, 0.2) is 58.2 Å². The average Bonchev–Trinajstić information content (AvgIpc) is 3.09. The molecule has 1 atom stereocenters. The summed E-state index contributed by atoms with van der Waals surface area (Å²) in [5.41, 5.74) is 1.16. The SMILES string of the molecule is CC(=O)Nc1ccccc1[As](=O)(O)OO.O=S(=O)(Cl)c1ccc2ncoc2c1. The summed E-state index contributed by atoms with van der Waals surface area (Å²) in [6.07, 6.45) is 1.25. The van der Waals surface area contributed by atoms with Crippen molar-refractivity contribution in [2.24, 2.45) is 0 Å². The van der Waals surface area contributed by atoms with Crippen LogP contribution in [0.25, 0.3) is 11.1 Å². The summed E-state index contributed by atoms with van der Waals surface area (Å²) in [6.45, 7) is 1.27. The second kappa shape index (κ2) is 8.91. The Morgan fingerprint density at radius 2 is 1.96 bits per heavy atom. The van der Waals surface area contributed by atoms with Gasteiger partial charge in [-0.15, -0.1) is 0 Å². The van der Waals surface area contributed by atoms with Crippen molar-refractivity contribution in [2.45, 2.75) is 11.8 Å². The summed E-state index contributed by atoms with van der Waals surface area (Å²) in [5.74, 6) is -0.379. The van der Waals surface area contributed by atoms with Crippen LogP contribution in [0.3, 0.4) is 0 Å². The molecule has 0 aliphatic rings. The third-order valence-corrected chi connectivity index (χ3v) is 7.13. The van der Waals surface area contributed by atoms with E-state index >= 15 is 0 Å². The number of nitrogens with one attached hydrogen (secondary N) is 1. The van der Waals surface area contributed by atoms with Crippen molar-refractivity contribution in [2.75, 3.05) is 5.32 Å². The molecule has 1 aromatic heterocycles. The van der Waals surface area contributed by atoms with Crippen LogP contribution in [0.4, 0.5) is 5.69 Å². The molecule has 1 heterocycles. The molecule has 3 aromatic rings. The molecule has 0 aliphatic carbocycles. The first-order valence-corrected chi connectivity index (χ1v) is 13.0. The molecule has 3 N–H and O–H groups in total. The van der Waals surface area contributed by atoms with E-state index < -0.39 is 23.2 Å². The van der Waals surface area contributed by atoms with Crippen molar-refractivity contribution in [3.8, 4) is 0 Å². The molecule has 150 valence electrons.